The summed E-state index contributed by atoms with van der Waals surface area (Å²) in [5.74, 6) is -1.29. The second-order valence-electron chi connectivity index (χ2n) is 7.01. The summed E-state index contributed by atoms with van der Waals surface area (Å²) in [5.41, 5.74) is 2.09. The summed E-state index contributed by atoms with van der Waals surface area (Å²) in [6.07, 6.45) is 3.50. The van der Waals surface area contributed by atoms with Gasteiger partial charge in [0.05, 0.1) is 33.9 Å². The van der Waals surface area contributed by atoms with Crippen molar-refractivity contribution in [3.63, 3.8) is 0 Å². The molecule has 0 aliphatic carbocycles. The zero-order valence-corrected chi connectivity index (χ0v) is 18.2. The van der Waals surface area contributed by atoms with E-state index in [1.807, 2.05) is 36.5 Å². The minimum atomic E-state index is -4.09. The lowest BCUT2D eigenvalue weighted by molar-refractivity contribution is 0.0698. The number of carboxylic acids is 1. The highest BCUT2D eigenvalue weighted by Gasteiger charge is 2.21. The molecule has 0 fully saturated rings. The first kappa shape index (κ1) is 21.6. The Morgan fingerprint density at radius 1 is 1.00 bits per heavy atom. The van der Waals surface area contributed by atoms with Crippen LogP contribution in [-0.2, 0) is 16.6 Å². The summed E-state index contributed by atoms with van der Waals surface area (Å²) in [6.45, 7) is 0.588. The molecule has 0 spiro atoms. The predicted octanol–water partition coefficient (Wildman–Crippen LogP) is 4.75. The molecule has 0 amide bonds. The molecule has 0 bridgehead atoms. The number of nitrogens with zero attached hydrogens (tertiary/aromatic N) is 2. The van der Waals surface area contributed by atoms with Gasteiger partial charge < -0.3 is 5.11 Å². The van der Waals surface area contributed by atoms with Gasteiger partial charge in [-0.15, -0.1) is 0 Å². The fourth-order valence-electron chi connectivity index (χ4n) is 3.21. The van der Waals surface area contributed by atoms with Crippen LogP contribution in [0.3, 0.4) is 0 Å². The number of rotatable bonds is 7. The molecule has 0 saturated carbocycles. The fraction of sp³-hybridized carbons (Fsp3) is 0.0435. The Bertz CT molecular complexity index is 1390. The van der Waals surface area contributed by atoms with Gasteiger partial charge in [-0.2, -0.15) is 5.10 Å². The van der Waals surface area contributed by atoms with Gasteiger partial charge in [0.1, 0.15) is 0 Å². The molecule has 4 rings (SSSR count). The van der Waals surface area contributed by atoms with Crippen LogP contribution in [0.4, 0.5) is 5.69 Å². The van der Waals surface area contributed by atoms with Gasteiger partial charge in [-0.05, 0) is 35.4 Å². The molecule has 1 heterocycles. The lowest BCUT2D eigenvalue weighted by Crippen LogP contribution is -2.16. The minimum absolute atomic E-state index is 0.00758. The largest absolute Gasteiger partial charge is 0.478 e. The van der Waals surface area contributed by atoms with Crippen LogP contribution in [-0.4, -0.2) is 29.3 Å². The second-order valence-corrected chi connectivity index (χ2v) is 9.10. The van der Waals surface area contributed by atoms with E-state index in [-0.39, 0.29) is 21.2 Å². The van der Waals surface area contributed by atoms with Gasteiger partial charge >= 0.3 is 5.97 Å². The average molecular weight is 468 g/mol. The van der Waals surface area contributed by atoms with Gasteiger partial charge in [0.2, 0.25) is 0 Å². The summed E-state index contributed by atoms with van der Waals surface area (Å²) in [5, 5.41) is 13.7. The summed E-state index contributed by atoms with van der Waals surface area (Å²) in [4.78, 5) is 11.4. The topological polar surface area (TPSA) is 101 Å². The third-order valence-electron chi connectivity index (χ3n) is 4.78. The van der Waals surface area contributed by atoms with Crippen molar-refractivity contribution in [2.45, 2.75) is 11.4 Å². The van der Waals surface area contributed by atoms with Gasteiger partial charge in [0, 0.05) is 11.8 Å². The molecular formula is C23H18ClN3O4S. The third-order valence-corrected chi connectivity index (χ3v) is 6.44. The normalized spacial score (nSPS) is 11.3. The Kier molecular flexibility index (Phi) is 5.98. The standard InChI is InChI=1S/C23H18ClN3O4S/c24-21-11-5-10-20(23(28)29)22(21)26-32(30,31)19-9-4-8-17(12-19)18-13-25-27(15-18)14-16-6-2-1-3-7-16/h1-13,15,26H,14H2,(H,28,29). The molecule has 32 heavy (non-hydrogen) atoms. The SMILES string of the molecule is O=C(O)c1cccc(Cl)c1NS(=O)(=O)c1cccc(-c2cnn(Cc3ccccc3)c2)c1. The van der Waals surface area contributed by atoms with E-state index in [0.29, 0.717) is 12.1 Å². The van der Waals surface area contributed by atoms with E-state index in [1.54, 1.807) is 23.0 Å². The molecule has 0 aliphatic heterocycles. The number of benzene rings is 3. The molecule has 3 aromatic carbocycles. The van der Waals surface area contributed by atoms with Crippen molar-refractivity contribution < 1.29 is 18.3 Å². The smallest absolute Gasteiger partial charge is 0.337 e. The number of sulfonamides is 1. The Morgan fingerprint density at radius 3 is 2.50 bits per heavy atom. The number of para-hydroxylation sites is 1. The molecule has 4 aromatic rings. The van der Waals surface area contributed by atoms with Crippen molar-refractivity contribution >= 4 is 33.3 Å². The molecule has 0 radical (unpaired) electrons. The van der Waals surface area contributed by atoms with Crippen molar-refractivity contribution in [1.82, 2.24) is 9.78 Å². The van der Waals surface area contributed by atoms with Crippen molar-refractivity contribution in [3.8, 4) is 11.1 Å². The van der Waals surface area contributed by atoms with Crippen LogP contribution in [0.25, 0.3) is 11.1 Å². The molecule has 2 N–H and O–H groups in total. The van der Waals surface area contributed by atoms with Gasteiger partial charge in [-0.1, -0.05) is 60.1 Å². The van der Waals surface area contributed by atoms with E-state index in [2.05, 4.69) is 9.82 Å². The summed E-state index contributed by atoms with van der Waals surface area (Å²) < 4.78 is 30.0. The summed E-state index contributed by atoms with van der Waals surface area (Å²) in [7, 11) is -4.09. The van der Waals surface area contributed by atoms with Crippen LogP contribution in [0.1, 0.15) is 15.9 Å². The zero-order valence-electron chi connectivity index (χ0n) is 16.6. The van der Waals surface area contributed by atoms with Crippen LogP contribution >= 0.6 is 11.6 Å². The van der Waals surface area contributed by atoms with Crippen molar-refractivity contribution in [2.24, 2.45) is 0 Å². The molecule has 162 valence electrons. The number of nitrogens with one attached hydrogen (secondary N) is 1. The molecule has 0 aliphatic rings. The molecule has 1 aromatic heterocycles. The Hall–Kier alpha value is -3.62. The van der Waals surface area contributed by atoms with E-state index in [0.717, 1.165) is 11.1 Å². The van der Waals surface area contributed by atoms with Crippen LogP contribution in [0, 0.1) is 0 Å². The van der Waals surface area contributed by atoms with Crippen LogP contribution in [0.5, 0.6) is 0 Å². The first-order chi connectivity index (χ1) is 15.3. The fourth-order valence-corrected chi connectivity index (χ4v) is 4.64. The number of carboxylic acid groups (broad SMARTS) is 1. The number of aromatic nitrogens is 2. The summed E-state index contributed by atoms with van der Waals surface area (Å²) >= 11 is 6.06. The quantitative estimate of drug-likeness (QED) is 0.408. The number of aromatic carboxylic acids is 1. The highest BCUT2D eigenvalue weighted by molar-refractivity contribution is 7.92. The van der Waals surface area contributed by atoms with Gasteiger partial charge in [-0.25, -0.2) is 13.2 Å². The van der Waals surface area contributed by atoms with Crippen molar-refractivity contribution in [2.75, 3.05) is 4.72 Å². The zero-order chi connectivity index (χ0) is 22.7. The lowest BCUT2D eigenvalue weighted by atomic mass is 10.1. The van der Waals surface area contributed by atoms with E-state index in [1.165, 1.54) is 30.3 Å². The Morgan fingerprint density at radius 2 is 1.75 bits per heavy atom. The number of hydrogen-bond donors (Lipinski definition) is 2. The van der Waals surface area contributed by atoms with Gasteiger partial charge in [-0.3, -0.25) is 9.40 Å². The van der Waals surface area contributed by atoms with Gasteiger partial charge in [0.15, 0.2) is 0 Å². The average Bonchev–Trinajstić information content (AvgIpc) is 3.24. The van der Waals surface area contributed by atoms with Crippen molar-refractivity contribution in [1.29, 1.82) is 0 Å². The lowest BCUT2D eigenvalue weighted by Gasteiger charge is -2.12. The first-order valence-electron chi connectivity index (χ1n) is 9.55. The third kappa shape index (κ3) is 4.66. The van der Waals surface area contributed by atoms with E-state index in [9.17, 15) is 18.3 Å². The first-order valence-corrected chi connectivity index (χ1v) is 11.4. The molecule has 9 heteroatoms. The Labute approximate surface area is 190 Å². The van der Waals surface area contributed by atoms with Gasteiger partial charge in [0.25, 0.3) is 10.0 Å². The monoisotopic (exact) mass is 467 g/mol. The van der Waals surface area contributed by atoms with E-state index < -0.39 is 16.0 Å². The Balaban J connectivity index is 1.62. The van der Waals surface area contributed by atoms with Crippen LogP contribution < -0.4 is 4.72 Å². The highest BCUT2D eigenvalue weighted by atomic mass is 35.5. The summed E-state index contributed by atoms with van der Waals surface area (Å²) in [6, 6.07) is 20.3. The number of hydrogen-bond acceptors (Lipinski definition) is 4. The predicted molar refractivity (Wildman–Crippen MR) is 122 cm³/mol. The van der Waals surface area contributed by atoms with Crippen LogP contribution in [0.2, 0.25) is 5.02 Å². The molecule has 7 nitrogen and oxygen atoms in total. The van der Waals surface area contributed by atoms with Crippen LogP contribution in [0.15, 0.2) is 90.1 Å². The number of carbonyl (C=O) groups is 1. The maximum atomic E-state index is 13.0. The highest BCUT2D eigenvalue weighted by Crippen LogP contribution is 2.30. The van der Waals surface area contributed by atoms with E-state index >= 15 is 0 Å². The minimum Gasteiger partial charge on any atom is -0.478 e. The number of anilines is 1. The maximum absolute atomic E-state index is 13.0. The van der Waals surface area contributed by atoms with Crippen molar-refractivity contribution in [3.05, 3.63) is 101 Å². The van der Waals surface area contributed by atoms with E-state index in [4.69, 9.17) is 11.6 Å². The maximum Gasteiger partial charge on any atom is 0.337 e. The number of halogens is 1. The molecule has 0 atom stereocenters. The molecule has 0 saturated heterocycles. The molecular weight excluding hydrogens is 450 g/mol. The molecule has 0 unspecified atom stereocenters. The second kappa shape index (κ2) is 8.86.